The molecule has 7 heteroatoms. The van der Waals surface area contributed by atoms with E-state index in [1.807, 2.05) is 28.7 Å². The number of nitrogens with zero attached hydrogens (tertiary/aromatic N) is 4. The number of aromatic nitrogens is 4. The monoisotopic (exact) mass is 319 g/mol. The maximum absolute atomic E-state index is 11.9. The van der Waals surface area contributed by atoms with E-state index in [0.717, 1.165) is 29.3 Å². The van der Waals surface area contributed by atoms with Crippen molar-refractivity contribution in [2.24, 2.45) is 5.73 Å². The smallest absolute Gasteiger partial charge is 0.249 e. The third-order valence-electron chi connectivity index (χ3n) is 4.38. The van der Waals surface area contributed by atoms with Gasteiger partial charge in [-0.2, -0.15) is 4.98 Å². The first-order chi connectivity index (χ1) is 11.7. The number of amides is 1. The van der Waals surface area contributed by atoms with E-state index in [-0.39, 0.29) is 0 Å². The van der Waals surface area contributed by atoms with Crippen molar-refractivity contribution in [3.63, 3.8) is 0 Å². The number of rotatable bonds is 3. The SMILES string of the molecule is NC(=O)c1cc2c(-c3noc(C4CC4)n3)ncn2c2ccccc12. The molecule has 0 radical (unpaired) electrons. The zero-order valence-electron chi connectivity index (χ0n) is 12.6. The molecule has 0 aliphatic heterocycles. The molecule has 5 rings (SSSR count). The first-order valence-electron chi connectivity index (χ1n) is 7.75. The predicted molar refractivity (Wildman–Crippen MR) is 86.5 cm³/mol. The number of fused-ring (bicyclic) bond motifs is 3. The highest BCUT2D eigenvalue weighted by atomic mass is 16.5. The number of primary amides is 1. The van der Waals surface area contributed by atoms with E-state index in [1.54, 1.807) is 12.4 Å². The van der Waals surface area contributed by atoms with Crippen molar-refractivity contribution in [2.45, 2.75) is 18.8 Å². The zero-order chi connectivity index (χ0) is 16.3. The zero-order valence-corrected chi connectivity index (χ0v) is 12.6. The molecule has 1 aliphatic carbocycles. The maximum atomic E-state index is 11.9. The first kappa shape index (κ1) is 13.2. The molecule has 1 fully saturated rings. The molecule has 1 amide bonds. The number of benzene rings is 1. The van der Waals surface area contributed by atoms with Crippen LogP contribution in [0.25, 0.3) is 27.9 Å². The number of imidazole rings is 1. The molecule has 118 valence electrons. The van der Waals surface area contributed by atoms with Crippen molar-refractivity contribution in [3.8, 4) is 11.5 Å². The van der Waals surface area contributed by atoms with Gasteiger partial charge < -0.3 is 10.3 Å². The summed E-state index contributed by atoms with van der Waals surface area (Å²) in [7, 11) is 0. The lowest BCUT2D eigenvalue weighted by atomic mass is 10.1. The Morgan fingerprint density at radius 2 is 2.08 bits per heavy atom. The number of nitrogens with two attached hydrogens (primary N) is 1. The Kier molecular flexibility index (Phi) is 2.56. The second kappa shape index (κ2) is 4.64. The summed E-state index contributed by atoms with van der Waals surface area (Å²) in [4.78, 5) is 20.8. The van der Waals surface area contributed by atoms with Crippen LogP contribution in [0.15, 0.2) is 41.2 Å². The Hall–Kier alpha value is -3.22. The van der Waals surface area contributed by atoms with Gasteiger partial charge in [0.1, 0.15) is 12.0 Å². The fourth-order valence-corrected chi connectivity index (χ4v) is 3.02. The van der Waals surface area contributed by atoms with Gasteiger partial charge in [0.05, 0.1) is 16.6 Å². The summed E-state index contributed by atoms with van der Waals surface area (Å²) in [6.07, 6.45) is 3.87. The van der Waals surface area contributed by atoms with Crippen LogP contribution < -0.4 is 5.73 Å². The van der Waals surface area contributed by atoms with Gasteiger partial charge in [-0.05, 0) is 25.0 Å². The molecular weight excluding hydrogens is 306 g/mol. The Morgan fingerprint density at radius 1 is 1.25 bits per heavy atom. The van der Waals surface area contributed by atoms with E-state index in [4.69, 9.17) is 10.3 Å². The van der Waals surface area contributed by atoms with Gasteiger partial charge in [0.15, 0.2) is 0 Å². The van der Waals surface area contributed by atoms with Crippen molar-refractivity contribution >= 4 is 22.3 Å². The van der Waals surface area contributed by atoms with Crippen LogP contribution in [0.3, 0.4) is 0 Å². The van der Waals surface area contributed by atoms with E-state index >= 15 is 0 Å². The Bertz CT molecular complexity index is 1110. The number of pyridine rings is 1. The van der Waals surface area contributed by atoms with Crippen LogP contribution in [0.5, 0.6) is 0 Å². The highest BCUT2D eigenvalue weighted by Crippen LogP contribution is 2.39. The summed E-state index contributed by atoms with van der Waals surface area (Å²) >= 11 is 0. The molecule has 0 saturated heterocycles. The molecule has 0 unspecified atom stereocenters. The summed E-state index contributed by atoms with van der Waals surface area (Å²) in [6.45, 7) is 0. The van der Waals surface area contributed by atoms with E-state index in [2.05, 4.69) is 15.1 Å². The third kappa shape index (κ3) is 1.84. The minimum absolute atomic E-state index is 0.377. The highest BCUT2D eigenvalue weighted by molar-refractivity contribution is 6.07. The van der Waals surface area contributed by atoms with Gasteiger partial charge in [-0.15, -0.1) is 0 Å². The maximum Gasteiger partial charge on any atom is 0.249 e. The van der Waals surface area contributed by atoms with Crippen molar-refractivity contribution in [1.29, 1.82) is 0 Å². The van der Waals surface area contributed by atoms with Crippen molar-refractivity contribution < 1.29 is 9.32 Å². The number of carbonyl (C=O) groups is 1. The van der Waals surface area contributed by atoms with Crippen LogP contribution in [0.2, 0.25) is 0 Å². The van der Waals surface area contributed by atoms with Crippen LogP contribution >= 0.6 is 0 Å². The van der Waals surface area contributed by atoms with Gasteiger partial charge in [0.2, 0.25) is 17.6 Å². The highest BCUT2D eigenvalue weighted by Gasteiger charge is 2.30. The van der Waals surface area contributed by atoms with Crippen LogP contribution in [0.4, 0.5) is 0 Å². The van der Waals surface area contributed by atoms with Crippen LogP contribution in [-0.4, -0.2) is 25.4 Å². The second-order valence-corrected chi connectivity index (χ2v) is 6.02. The Labute approximate surface area is 136 Å². The molecule has 24 heavy (non-hydrogen) atoms. The Morgan fingerprint density at radius 3 is 2.88 bits per heavy atom. The average Bonchev–Trinajstić information content (AvgIpc) is 3.17. The van der Waals surface area contributed by atoms with Crippen LogP contribution in [-0.2, 0) is 0 Å². The number of hydrogen-bond donors (Lipinski definition) is 1. The normalized spacial score (nSPS) is 14.5. The van der Waals surface area contributed by atoms with E-state index in [9.17, 15) is 4.79 Å². The Balaban J connectivity index is 1.79. The quantitative estimate of drug-likeness (QED) is 0.625. The number of carbonyl (C=O) groups excluding carboxylic acids is 1. The van der Waals surface area contributed by atoms with E-state index < -0.39 is 5.91 Å². The lowest BCUT2D eigenvalue weighted by Gasteiger charge is -2.06. The largest absolute Gasteiger partial charge is 0.366 e. The van der Waals surface area contributed by atoms with Gasteiger partial charge in [0.25, 0.3) is 0 Å². The number of para-hydroxylation sites is 1. The van der Waals surface area contributed by atoms with Gasteiger partial charge in [-0.25, -0.2) is 4.98 Å². The molecule has 7 nitrogen and oxygen atoms in total. The summed E-state index contributed by atoms with van der Waals surface area (Å²) < 4.78 is 7.23. The predicted octanol–water partition coefficient (Wildman–Crippen LogP) is 2.51. The molecule has 1 aromatic carbocycles. The van der Waals surface area contributed by atoms with Crippen molar-refractivity contribution in [1.82, 2.24) is 19.5 Å². The molecule has 0 spiro atoms. The van der Waals surface area contributed by atoms with Crippen LogP contribution in [0, 0.1) is 0 Å². The lowest BCUT2D eigenvalue weighted by Crippen LogP contribution is -2.12. The van der Waals surface area contributed by atoms with Crippen molar-refractivity contribution in [2.75, 3.05) is 0 Å². The molecule has 0 atom stereocenters. The van der Waals surface area contributed by atoms with Gasteiger partial charge in [-0.3, -0.25) is 9.20 Å². The van der Waals surface area contributed by atoms with Crippen molar-refractivity contribution in [3.05, 3.63) is 48.1 Å². The van der Waals surface area contributed by atoms with Gasteiger partial charge in [-0.1, -0.05) is 23.4 Å². The van der Waals surface area contributed by atoms with Gasteiger partial charge >= 0.3 is 0 Å². The molecular formula is C17H13N5O2. The third-order valence-corrected chi connectivity index (χ3v) is 4.38. The lowest BCUT2D eigenvalue weighted by molar-refractivity contribution is 0.100. The topological polar surface area (TPSA) is 99.3 Å². The average molecular weight is 319 g/mol. The fourth-order valence-electron chi connectivity index (χ4n) is 3.02. The summed E-state index contributed by atoms with van der Waals surface area (Å²) in [5, 5.41) is 4.83. The molecule has 4 aromatic rings. The fraction of sp³-hybridized carbons (Fsp3) is 0.176. The molecule has 1 aliphatic rings. The molecule has 0 bridgehead atoms. The second-order valence-electron chi connectivity index (χ2n) is 6.02. The minimum atomic E-state index is -0.479. The summed E-state index contributed by atoms with van der Waals surface area (Å²) in [6, 6.07) is 9.31. The number of hydrogen-bond acceptors (Lipinski definition) is 5. The molecule has 3 heterocycles. The van der Waals surface area contributed by atoms with Crippen LogP contribution in [0.1, 0.15) is 35.0 Å². The molecule has 3 aromatic heterocycles. The van der Waals surface area contributed by atoms with E-state index in [0.29, 0.717) is 28.9 Å². The summed E-state index contributed by atoms with van der Waals surface area (Å²) in [5.41, 5.74) is 8.18. The van der Waals surface area contributed by atoms with E-state index in [1.165, 1.54) is 0 Å². The van der Waals surface area contributed by atoms with Gasteiger partial charge in [0, 0.05) is 11.3 Å². The standard InChI is InChI=1S/C17H13N5O2/c18-15(23)11-7-13-14(16-20-17(24-21-16)9-5-6-9)19-8-22(13)12-4-2-1-3-10(11)12/h1-4,7-9H,5-6H2,(H2,18,23). The summed E-state index contributed by atoms with van der Waals surface area (Å²) in [5.74, 6) is 0.988. The first-order valence-corrected chi connectivity index (χ1v) is 7.75. The molecule has 1 saturated carbocycles. The minimum Gasteiger partial charge on any atom is -0.366 e. The molecule has 2 N–H and O–H groups in total.